The van der Waals surface area contributed by atoms with Crippen LogP contribution in [0.1, 0.15) is 40.0 Å². The molecule has 3 unspecified atom stereocenters. The number of ether oxygens (including phenoxy) is 1. The lowest BCUT2D eigenvalue weighted by Gasteiger charge is -2.36. The van der Waals surface area contributed by atoms with E-state index in [1.807, 2.05) is 20.8 Å². The van der Waals surface area contributed by atoms with Gasteiger partial charge in [0.2, 0.25) is 11.8 Å². The van der Waals surface area contributed by atoms with Crippen molar-refractivity contribution in [2.75, 3.05) is 26.3 Å². The molecule has 0 aliphatic carbocycles. The van der Waals surface area contributed by atoms with Crippen LogP contribution in [0.5, 0.6) is 0 Å². The van der Waals surface area contributed by atoms with Gasteiger partial charge in [-0.1, -0.05) is 13.3 Å². The van der Waals surface area contributed by atoms with Crippen LogP contribution >= 0.6 is 0 Å². The van der Waals surface area contributed by atoms with Crippen molar-refractivity contribution in [2.45, 2.75) is 52.1 Å². The van der Waals surface area contributed by atoms with Gasteiger partial charge in [-0.3, -0.25) is 9.59 Å². The number of carbonyl (C=O) groups is 2. The highest BCUT2D eigenvalue weighted by Crippen LogP contribution is 2.16. The number of carbonyl (C=O) groups excluding carboxylic acids is 2. The van der Waals surface area contributed by atoms with Crippen LogP contribution in [0.2, 0.25) is 0 Å². The molecular weight excluding hydrogens is 270 g/mol. The van der Waals surface area contributed by atoms with E-state index in [1.54, 1.807) is 4.90 Å². The average molecular weight is 299 g/mol. The smallest absolute Gasteiger partial charge is 0.245 e. The zero-order chi connectivity index (χ0) is 15.8. The summed E-state index contributed by atoms with van der Waals surface area (Å²) in [6.45, 7) is 7.58. The predicted octanol–water partition coefficient (Wildman–Crippen LogP) is 0.504. The maximum Gasteiger partial charge on any atom is 0.245 e. The summed E-state index contributed by atoms with van der Waals surface area (Å²) < 4.78 is 5.35. The Labute approximate surface area is 127 Å². The van der Waals surface area contributed by atoms with Gasteiger partial charge in [0, 0.05) is 25.0 Å². The summed E-state index contributed by atoms with van der Waals surface area (Å²) in [6.07, 6.45) is 2.65. The van der Waals surface area contributed by atoms with Gasteiger partial charge in [-0.15, -0.1) is 0 Å². The Morgan fingerprint density at radius 1 is 1.38 bits per heavy atom. The lowest BCUT2D eigenvalue weighted by Crippen LogP contribution is -2.57. The number of rotatable bonds is 7. The standard InChI is InChI=1S/C15H29N3O3/c1-4-17-14(19)13-10-21-9-8-18(13)15(20)11(2)6-5-7-12(3)16/h11-13H,4-10,16H2,1-3H3,(H,17,19). The molecule has 3 N–H and O–H groups in total. The Balaban J connectivity index is 2.57. The normalized spacial score (nSPS) is 21.7. The highest BCUT2D eigenvalue weighted by Gasteiger charge is 2.34. The van der Waals surface area contributed by atoms with Crippen molar-refractivity contribution in [1.82, 2.24) is 10.2 Å². The molecule has 1 saturated heterocycles. The number of hydrogen-bond acceptors (Lipinski definition) is 4. The van der Waals surface area contributed by atoms with E-state index >= 15 is 0 Å². The van der Waals surface area contributed by atoms with Gasteiger partial charge in [-0.05, 0) is 26.7 Å². The SMILES string of the molecule is CCNC(=O)C1COCCN1C(=O)C(C)CCCC(C)N. The number of nitrogens with zero attached hydrogens (tertiary/aromatic N) is 1. The van der Waals surface area contributed by atoms with E-state index in [0.29, 0.717) is 19.7 Å². The third-order valence-electron chi connectivity index (χ3n) is 3.78. The second-order valence-corrected chi connectivity index (χ2v) is 5.83. The molecule has 0 saturated carbocycles. The molecule has 21 heavy (non-hydrogen) atoms. The van der Waals surface area contributed by atoms with Gasteiger partial charge in [-0.2, -0.15) is 0 Å². The van der Waals surface area contributed by atoms with Crippen molar-refractivity contribution < 1.29 is 14.3 Å². The molecule has 6 heteroatoms. The third kappa shape index (κ3) is 5.63. The molecule has 1 aliphatic rings. The van der Waals surface area contributed by atoms with Crippen LogP contribution in [0, 0.1) is 5.92 Å². The molecular formula is C15H29N3O3. The van der Waals surface area contributed by atoms with Gasteiger partial charge in [-0.25, -0.2) is 0 Å². The molecule has 0 bridgehead atoms. The number of hydrogen-bond donors (Lipinski definition) is 2. The highest BCUT2D eigenvalue weighted by molar-refractivity contribution is 5.88. The Morgan fingerprint density at radius 2 is 2.10 bits per heavy atom. The number of amides is 2. The lowest BCUT2D eigenvalue weighted by atomic mass is 9.99. The second kappa shape index (κ2) is 9.00. The molecule has 3 atom stereocenters. The summed E-state index contributed by atoms with van der Waals surface area (Å²) in [4.78, 5) is 26.3. The molecule has 0 radical (unpaired) electrons. The fourth-order valence-corrected chi connectivity index (χ4v) is 2.53. The zero-order valence-electron chi connectivity index (χ0n) is 13.4. The Hall–Kier alpha value is -1.14. The lowest BCUT2D eigenvalue weighted by molar-refractivity contribution is -0.151. The van der Waals surface area contributed by atoms with E-state index in [0.717, 1.165) is 19.3 Å². The molecule has 1 heterocycles. The largest absolute Gasteiger partial charge is 0.377 e. The molecule has 1 aliphatic heterocycles. The van der Waals surface area contributed by atoms with Crippen molar-refractivity contribution in [1.29, 1.82) is 0 Å². The Morgan fingerprint density at radius 3 is 2.71 bits per heavy atom. The first kappa shape index (κ1) is 17.9. The van der Waals surface area contributed by atoms with E-state index in [2.05, 4.69) is 5.32 Å². The first-order valence-corrected chi connectivity index (χ1v) is 7.88. The minimum atomic E-state index is -0.498. The minimum Gasteiger partial charge on any atom is -0.377 e. The van der Waals surface area contributed by atoms with Gasteiger partial charge in [0.1, 0.15) is 6.04 Å². The summed E-state index contributed by atoms with van der Waals surface area (Å²) in [5.41, 5.74) is 5.73. The molecule has 0 aromatic carbocycles. The van der Waals surface area contributed by atoms with Crippen LogP contribution in [0.15, 0.2) is 0 Å². The summed E-state index contributed by atoms with van der Waals surface area (Å²) in [5, 5.41) is 2.77. The van der Waals surface area contributed by atoms with Gasteiger partial charge in [0.25, 0.3) is 0 Å². The molecule has 0 aromatic rings. The van der Waals surface area contributed by atoms with Crippen LogP contribution in [0.25, 0.3) is 0 Å². The van der Waals surface area contributed by atoms with Crippen molar-refractivity contribution in [3.05, 3.63) is 0 Å². The Bertz CT molecular complexity index is 347. The first-order chi connectivity index (χ1) is 9.97. The van der Waals surface area contributed by atoms with E-state index in [-0.39, 0.29) is 30.4 Å². The minimum absolute atomic E-state index is 0.0410. The van der Waals surface area contributed by atoms with E-state index in [1.165, 1.54) is 0 Å². The van der Waals surface area contributed by atoms with Crippen molar-refractivity contribution in [3.8, 4) is 0 Å². The number of nitrogens with one attached hydrogen (secondary N) is 1. The van der Waals surface area contributed by atoms with Crippen LogP contribution in [0.3, 0.4) is 0 Å². The number of likely N-dealkylation sites (N-methyl/N-ethyl adjacent to an activating group) is 1. The van der Waals surface area contributed by atoms with E-state index < -0.39 is 6.04 Å². The van der Waals surface area contributed by atoms with Crippen molar-refractivity contribution in [2.24, 2.45) is 11.7 Å². The quantitative estimate of drug-likeness (QED) is 0.717. The third-order valence-corrected chi connectivity index (χ3v) is 3.78. The predicted molar refractivity (Wildman–Crippen MR) is 81.7 cm³/mol. The summed E-state index contributed by atoms with van der Waals surface area (Å²) >= 11 is 0. The van der Waals surface area contributed by atoms with Crippen LogP contribution in [-0.2, 0) is 14.3 Å². The monoisotopic (exact) mass is 299 g/mol. The molecule has 122 valence electrons. The van der Waals surface area contributed by atoms with Crippen LogP contribution < -0.4 is 11.1 Å². The number of nitrogens with two attached hydrogens (primary N) is 1. The Kier molecular flexibility index (Phi) is 7.67. The number of morpholine rings is 1. The molecule has 6 nitrogen and oxygen atoms in total. The zero-order valence-corrected chi connectivity index (χ0v) is 13.4. The molecule has 0 spiro atoms. The maximum absolute atomic E-state index is 12.6. The van der Waals surface area contributed by atoms with Gasteiger partial charge in [0.15, 0.2) is 0 Å². The van der Waals surface area contributed by atoms with Gasteiger partial charge >= 0.3 is 0 Å². The van der Waals surface area contributed by atoms with Crippen LogP contribution in [-0.4, -0.2) is 55.1 Å². The summed E-state index contributed by atoms with van der Waals surface area (Å²) in [5.74, 6) is -0.175. The van der Waals surface area contributed by atoms with Crippen molar-refractivity contribution in [3.63, 3.8) is 0 Å². The average Bonchev–Trinajstić information content (AvgIpc) is 2.46. The van der Waals surface area contributed by atoms with E-state index in [4.69, 9.17) is 10.5 Å². The molecule has 2 amide bonds. The topological polar surface area (TPSA) is 84.7 Å². The second-order valence-electron chi connectivity index (χ2n) is 5.83. The first-order valence-electron chi connectivity index (χ1n) is 7.88. The molecule has 1 fully saturated rings. The van der Waals surface area contributed by atoms with Gasteiger partial charge < -0.3 is 20.7 Å². The van der Waals surface area contributed by atoms with E-state index in [9.17, 15) is 9.59 Å². The summed E-state index contributed by atoms with van der Waals surface area (Å²) in [6, 6.07) is -0.333. The van der Waals surface area contributed by atoms with Gasteiger partial charge in [0.05, 0.1) is 13.2 Å². The maximum atomic E-state index is 12.6. The summed E-state index contributed by atoms with van der Waals surface area (Å²) in [7, 11) is 0. The fraction of sp³-hybridized carbons (Fsp3) is 0.867. The fourth-order valence-electron chi connectivity index (χ4n) is 2.53. The highest BCUT2D eigenvalue weighted by atomic mass is 16.5. The molecule has 1 rings (SSSR count). The molecule has 0 aromatic heterocycles. The van der Waals surface area contributed by atoms with Crippen LogP contribution in [0.4, 0.5) is 0 Å². The van der Waals surface area contributed by atoms with Crippen molar-refractivity contribution >= 4 is 11.8 Å².